The molecule has 0 fully saturated rings. The quantitative estimate of drug-likeness (QED) is 0.728. The monoisotopic (exact) mass is 329 g/mol. The van der Waals surface area contributed by atoms with Crippen molar-refractivity contribution in [2.75, 3.05) is 5.32 Å². The second-order valence-electron chi connectivity index (χ2n) is 5.25. The second kappa shape index (κ2) is 7.21. The fraction of sp³-hybridized carbons (Fsp3) is 0.222. The topological polar surface area (TPSA) is 47.0 Å². The van der Waals surface area contributed by atoms with Crippen molar-refractivity contribution in [2.45, 2.75) is 26.5 Å². The summed E-state index contributed by atoms with van der Waals surface area (Å²) in [6.45, 7) is -0.303. The normalized spacial score (nSPS) is 11.0. The Balaban J connectivity index is 1.78. The number of rotatable bonds is 6. The third-order valence-electron chi connectivity index (χ3n) is 3.61. The van der Waals surface area contributed by atoms with E-state index in [4.69, 9.17) is 0 Å². The van der Waals surface area contributed by atoms with Gasteiger partial charge in [-0.15, -0.1) is 0 Å². The number of aryl methyl sites for hydroxylation is 1. The van der Waals surface area contributed by atoms with E-state index in [-0.39, 0.29) is 5.75 Å². The number of aromatic nitrogens is 2. The molecule has 2 aromatic heterocycles. The van der Waals surface area contributed by atoms with E-state index in [0.29, 0.717) is 6.54 Å². The highest BCUT2D eigenvalue weighted by Crippen LogP contribution is 2.24. The zero-order chi connectivity index (χ0) is 16.9. The molecule has 6 heteroatoms. The molecule has 3 aromatic rings. The third kappa shape index (κ3) is 3.76. The lowest BCUT2D eigenvalue weighted by atomic mass is 10.1. The number of ether oxygens (including phenoxy) is 1. The maximum Gasteiger partial charge on any atom is 0.387 e. The number of hydrogen-bond donors (Lipinski definition) is 1. The van der Waals surface area contributed by atoms with E-state index in [1.165, 1.54) is 12.3 Å². The van der Waals surface area contributed by atoms with Gasteiger partial charge in [0, 0.05) is 16.8 Å². The molecule has 2 heterocycles. The van der Waals surface area contributed by atoms with E-state index in [0.717, 1.165) is 34.4 Å². The van der Waals surface area contributed by atoms with Crippen molar-refractivity contribution in [3.63, 3.8) is 0 Å². The van der Waals surface area contributed by atoms with Crippen molar-refractivity contribution in [3.05, 3.63) is 60.0 Å². The fourth-order valence-corrected chi connectivity index (χ4v) is 2.43. The van der Waals surface area contributed by atoms with Crippen LogP contribution in [0.4, 0.5) is 14.5 Å². The molecule has 0 aliphatic carbocycles. The largest absolute Gasteiger partial charge is 0.433 e. The van der Waals surface area contributed by atoms with Crippen LogP contribution in [-0.2, 0) is 13.0 Å². The summed E-state index contributed by atoms with van der Waals surface area (Å²) in [5.74, 6) is 0.0522. The summed E-state index contributed by atoms with van der Waals surface area (Å²) in [7, 11) is 0. The van der Waals surface area contributed by atoms with Crippen LogP contribution >= 0.6 is 0 Å². The molecular formula is C18H17F2N3O. The van der Waals surface area contributed by atoms with Crippen LogP contribution in [0.25, 0.3) is 10.9 Å². The van der Waals surface area contributed by atoms with E-state index < -0.39 is 6.61 Å². The number of halogens is 2. The van der Waals surface area contributed by atoms with Crippen LogP contribution in [0.1, 0.15) is 18.3 Å². The molecule has 0 bridgehead atoms. The van der Waals surface area contributed by atoms with Crippen molar-refractivity contribution in [2.24, 2.45) is 0 Å². The van der Waals surface area contributed by atoms with Gasteiger partial charge < -0.3 is 10.1 Å². The van der Waals surface area contributed by atoms with Gasteiger partial charge in [0.2, 0.25) is 0 Å². The molecule has 0 aliphatic rings. The predicted octanol–water partition coefficient (Wildman–Crippen LogP) is 4.41. The van der Waals surface area contributed by atoms with E-state index >= 15 is 0 Å². The Kier molecular flexibility index (Phi) is 4.84. The van der Waals surface area contributed by atoms with Gasteiger partial charge in [-0.25, -0.2) is 0 Å². The van der Waals surface area contributed by atoms with E-state index in [1.807, 2.05) is 30.3 Å². The predicted molar refractivity (Wildman–Crippen MR) is 89.3 cm³/mol. The number of benzene rings is 1. The minimum Gasteiger partial charge on any atom is -0.433 e. The van der Waals surface area contributed by atoms with Crippen LogP contribution in [0.3, 0.4) is 0 Å². The fourth-order valence-electron chi connectivity index (χ4n) is 2.43. The summed E-state index contributed by atoms with van der Waals surface area (Å²) >= 11 is 0. The average Bonchev–Trinajstić information content (AvgIpc) is 2.60. The first kappa shape index (κ1) is 16.1. The molecule has 4 nitrogen and oxygen atoms in total. The summed E-state index contributed by atoms with van der Waals surface area (Å²) in [5, 5.41) is 4.38. The number of anilines is 1. The van der Waals surface area contributed by atoms with Crippen molar-refractivity contribution < 1.29 is 13.5 Å². The molecule has 0 spiro atoms. The Morgan fingerprint density at radius 2 is 1.96 bits per heavy atom. The lowest BCUT2D eigenvalue weighted by Gasteiger charge is -2.11. The molecule has 0 saturated carbocycles. The average molecular weight is 329 g/mol. The van der Waals surface area contributed by atoms with E-state index in [2.05, 4.69) is 26.9 Å². The molecule has 0 aliphatic heterocycles. The number of fused-ring (bicyclic) bond motifs is 1. The maximum atomic E-state index is 12.1. The van der Waals surface area contributed by atoms with Gasteiger partial charge in [-0.1, -0.05) is 25.1 Å². The number of alkyl halides is 2. The van der Waals surface area contributed by atoms with Gasteiger partial charge in [0.25, 0.3) is 0 Å². The molecule has 0 radical (unpaired) electrons. The summed E-state index contributed by atoms with van der Waals surface area (Å²) in [4.78, 5) is 8.74. The maximum absolute atomic E-state index is 12.1. The second-order valence-corrected chi connectivity index (χ2v) is 5.25. The van der Waals surface area contributed by atoms with Crippen LogP contribution in [-0.4, -0.2) is 16.6 Å². The number of pyridine rings is 2. The summed E-state index contributed by atoms with van der Waals surface area (Å²) < 4.78 is 28.6. The molecule has 124 valence electrons. The van der Waals surface area contributed by atoms with E-state index in [1.54, 1.807) is 6.07 Å². The molecule has 3 rings (SSSR count). The molecule has 0 unspecified atom stereocenters. The van der Waals surface area contributed by atoms with Gasteiger partial charge in [0.05, 0.1) is 24.0 Å². The summed E-state index contributed by atoms with van der Waals surface area (Å²) in [6.07, 6.45) is 2.14. The third-order valence-corrected chi connectivity index (χ3v) is 3.61. The number of nitrogens with zero attached hydrogens (tertiary/aromatic N) is 2. The minimum atomic E-state index is -2.84. The Hall–Kier alpha value is -2.76. The molecule has 24 heavy (non-hydrogen) atoms. The summed E-state index contributed by atoms with van der Waals surface area (Å²) in [5.41, 5.74) is 3.65. The Morgan fingerprint density at radius 3 is 2.67 bits per heavy atom. The van der Waals surface area contributed by atoms with Crippen molar-refractivity contribution in [3.8, 4) is 5.75 Å². The van der Waals surface area contributed by atoms with Crippen LogP contribution in [0.2, 0.25) is 0 Å². The first-order valence-electron chi connectivity index (χ1n) is 7.68. The summed E-state index contributed by atoms with van der Waals surface area (Å²) in [6, 6.07) is 13.1. The van der Waals surface area contributed by atoms with Crippen LogP contribution in [0, 0.1) is 0 Å². The van der Waals surface area contributed by atoms with Gasteiger partial charge in [-0.3, -0.25) is 9.97 Å². The standard InChI is InChI=1S/C18H17F2N3O/c1-2-12-9-17(15-5-3-4-6-16(15)23-12)22-10-13-7-8-14(11-21-13)24-18(19)20/h3-9,11,18H,2,10H2,1H3,(H,22,23). The van der Waals surface area contributed by atoms with Gasteiger partial charge in [0.15, 0.2) is 0 Å². The highest BCUT2D eigenvalue weighted by molar-refractivity contribution is 5.91. The van der Waals surface area contributed by atoms with Crippen molar-refractivity contribution in [1.29, 1.82) is 0 Å². The lowest BCUT2D eigenvalue weighted by molar-refractivity contribution is -0.0500. The smallest absolute Gasteiger partial charge is 0.387 e. The molecule has 0 amide bonds. The molecular weight excluding hydrogens is 312 g/mol. The Morgan fingerprint density at radius 1 is 1.12 bits per heavy atom. The number of hydrogen-bond acceptors (Lipinski definition) is 4. The molecule has 1 aromatic carbocycles. The van der Waals surface area contributed by atoms with Gasteiger partial charge in [-0.05, 0) is 30.7 Å². The first-order chi connectivity index (χ1) is 11.7. The van der Waals surface area contributed by atoms with Crippen LogP contribution in [0.15, 0.2) is 48.7 Å². The molecule has 0 atom stereocenters. The van der Waals surface area contributed by atoms with Crippen molar-refractivity contribution in [1.82, 2.24) is 9.97 Å². The number of nitrogens with one attached hydrogen (secondary N) is 1. The van der Waals surface area contributed by atoms with Crippen molar-refractivity contribution >= 4 is 16.6 Å². The SMILES string of the molecule is CCc1cc(NCc2ccc(OC(F)F)cn2)c2ccccc2n1. The van der Waals surface area contributed by atoms with Gasteiger partial charge in [-0.2, -0.15) is 8.78 Å². The Labute approximate surface area is 138 Å². The lowest BCUT2D eigenvalue weighted by Crippen LogP contribution is -2.05. The highest BCUT2D eigenvalue weighted by Gasteiger charge is 2.07. The van der Waals surface area contributed by atoms with Gasteiger partial charge >= 0.3 is 6.61 Å². The van der Waals surface area contributed by atoms with E-state index in [9.17, 15) is 8.78 Å². The highest BCUT2D eigenvalue weighted by atomic mass is 19.3. The zero-order valence-corrected chi connectivity index (χ0v) is 13.2. The van der Waals surface area contributed by atoms with Crippen LogP contribution in [0.5, 0.6) is 5.75 Å². The molecule has 0 saturated heterocycles. The Bertz CT molecular complexity index is 822. The number of para-hydroxylation sites is 1. The minimum absolute atomic E-state index is 0.0522. The van der Waals surface area contributed by atoms with Crippen LogP contribution < -0.4 is 10.1 Å². The van der Waals surface area contributed by atoms with Gasteiger partial charge in [0.1, 0.15) is 5.75 Å². The zero-order valence-electron chi connectivity index (χ0n) is 13.2. The first-order valence-corrected chi connectivity index (χ1v) is 7.68. The molecule has 1 N–H and O–H groups in total.